The van der Waals surface area contributed by atoms with Crippen molar-refractivity contribution in [1.82, 2.24) is 19.4 Å². The minimum absolute atomic E-state index is 0.137. The quantitative estimate of drug-likeness (QED) is 0.856. The van der Waals surface area contributed by atoms with Gasteiger partial charge in [0.2, 0.25) is 0 Å². The van der Waals surface area contributed by atoms with E-state index in [-0.39, 0.29) is 5.91 Å². The molecular formula is C18H22N4O. The summed E-state index contributed by atoms with van der Waals surface area (Å²) in [4.78, 5) is 23.9. The minimum atomic E-state index is 0.137. The molecule has 5 rings (SSSR count). The van der Waals surface area contributed by atoms with Gasteiger partial charge in [0.05, 0.1) is 11.9 Å². The Hall–Kier alpha value is -1.91. The summed E-state index contributed by atoms with van der Waals surface area (Å²) < 4.78 is 2.20. The number of nitrogens with zero attached hydrogens (tertiary/aromatic N) is 4. The molecule has 5 nitrogen and oxygen atoms in total. The summed E-state index contributed by atoms with van der Waals surface area (Å²) in [6, 6.07) is 2.94. The number of rotatable bonds is 2. The molecule has 5 heteroatoms. The van der Waals surface area contributed by atoms with Gasteiger partial charge in [0.25, 0.3) is 5.91 Å². The van der Waals surface area contributed by atoms with Gasteiger partial charge in [-0.1, -0.05) is 19.3 Å². The highest BCUT2D eigenvalue weighted by Gasteiger charge is 2.44. The lowest BCUT2D eigenvalue weighted by molar-refractivity contribution is 0.0269. The molecule has 0 N–H and O–H groups in total. The first-order valence-corrected chi connectivity index (χ1v) is 8.95. The van der Waals surface area contributed by atoms with Gasteiger partial charge in [-0.15, -0.1) is 0 Å². The van der Waals surface area contributed by atoms with Crippen molar-refractivity contribution in [3.05, 3.63) is 24.2 Å². The van der Waals surface area contributed by atoms with Crippen molar-refractivity contribution in [2.75, 3.05) is 6.54 Å². The largest absolute Gasteiger partial charge is 0.335 e. The van der Waals surface area contributed by atoms with Gasteiger partial charge in [0.15, 0.2) is 5.65 Å². The fourth-order valence-electron chi connectivity index (χ4n) is 4.78. The number of hydrogen-bond donors (Lipinski definition) is 0. The van der Waals surface area contributed by atoms with E-state index < -0.39 is 0 Å². The van der Waals surface area contributed by atoms with Crippen LogP contribution in [0.1, 0.15) is 61.3 Å². The summed E-state index contributed by atoms with van der Waals surface area (Å²) in [5.74, 6) is 0.884. The van der Waals surface area contributed by atoms with Gasteiger partial charge >= 0.3 is 0 Å². The molecule has 2 atom stereocenters. The Morgan fingerprint density at radius 1 is 1.09 bits per heavy atom. The highest BCUT2D eigenvalue weighted by molar-refractivity contribution is 5.97. The molecule has 2 aliphatic carbocycles. The fourth-order valence-corrected chi connectivity index (χ4v) is 4.78. The molecule has 2 saturated carbocycles. The van der Waals surface area contributed by atoms with Crippen molar-refractivity contribution in [3.8, 4) is 0 Å². The van der Waals surface area contributed by atoms with Crippen LogP contribution in [0.15, 0.2) is 18.6 Å². The maximum absolute atomic E-state index is 12.7. The van der Waals surface area contributed by atoms with Crippen molar-refractivity contribution in [2.45, 2.75) is 57.0 Å². The van der Waals surface area contributed by atoms with Crippen molar-refractivity contribution >= 4 is 17.1 Å². The monoisotopic (exact) mass is 310 g/mol. The van der Waals surface area contributed by atoms with Crippen LogP contribution in [0.25, 0.3) is 11.2 Å². The van der Waals surface area contributed by atoms with Crippen LogP contribution in [-0.4, -0.2) is 37.9 Å². The number of likely N-dealkylation sites (tertiary alicyclic amines) is 1. The predicted molar refractivity (Wildman–Crippen MR) is 87.2 cm³/mol. The number of hydrogen-bond acceptors (Lipinski definition) is 3. The molecule has 3 fully saturated rings. The van der Waals surface area contributed by atoms with Crippen molar-refractivity contribution in [2.24, 2.45) is 5.92 Å². The molecular weight excluding hydrogens is 288 g/mol. The smallest absolute Gasteiger partial charge is 0.255 e. The molecule has 0 bridgehead atoms. The van der Waals surface area contributed by atoms with Crippen LogP contribution in [0.3, 0.4) is 0 Å². The Morgan fingerprint density at radius 2 is 1.96 bits per heavy atom. The Kier molecular flexibility index (Phi) is 2.97. The number of pyridine rings is 1. The molecule has 0 spiro atoms. The molecule has 0 unspecified atom stereocenters. The van der Waals surface area contributed by atoms with Gasteiger partial charge in [-0.2, -0.15) is 0 Å². The van der Waals surface area contributed by atoms with Crippen LogP contribution in [0.5, 0.6) is 0 Å². The van der Waals surface area contributed by atoms with Crippen LogP contribution < -0.4 is 0 Å². The Morgan fingerprint density at radius 3 is 2.78 bits per heavy atom. The second-order valence-electron chi connectivity index (χ2n) is 7.37. The second kappa shape index (κ2) is 5.05. The summed E-state index contributed by atoms with van der Waals surface area (Å²) in [7, 11) is 0. The van der Waals surface area contributed by atoms with E-state index in [1.54, 1.807) is 6.20 Å². The standard InChI is InChI=1S/C18H22N4O/c23-18(21-10-12-4-3-7-16(12)21)13-8-15-17(19-9-13)22(11-20-15)14-5-1-2-6-14/h8-9,11-12,14,16H,1-7,10H2/t12-,16-/m0/s1. The van der Waals surface area contributed by atoms with Crippen molar-refractivity contribution < 1.29 is 4.79 Å². The van der Waals surface area contributed by atoms with Gasteiger partial charge < -0.3 is 9.47 Å². The van der Waals surface area contributed by atoms with Crippen molar-refractivity contribution in [1.29, 1.82) is 0 Å². The lowest BCUT2D eigenvalue weighted by Crippen LogP contribution is -2.55. The highest BCUT2D eigenvalue weighted by atomic mass is 16.2. The average molecular weight is 310 g/mol. The maximum Gasteiger partial charge on any atom is 0.255 e. The number of carbonyl (C=O) groups is 1. The van der Waals surface area contributed by atoms with E-state index in [1.807, 2.05) is 17.3 Å². The average Bonchev–Trinajstić information content (AvgIpc) is 3.26. The lowest BCUT2D eigenvalue weighted by atomic mass is 9.91. The topological polar surface area (TPSA) is 51.0 Å². The van der Waals surface area contributed by atoms with E-state index in [0.717, 1.165) is 23.6 Å². The molecule has 23 heavy (non-hydrogen) atoms. The lowest BCUT2D eigenvalue weighted by Gasteiger charge is -2.44. The number of amides is 1. The molecule has 0 aromatic carbocycles. The first-order chi connectivity index (χ1) is 11.3. The molecule has 2 aromatic heterocycles. The fraction of sp³-hybridized carbons (Fsp3) is 0.611. The predicted octanol–water partition coefficient (Wildman–Crippen LogP) is 3.17. The van der Waals surface area contributed by atoms with Gasteiger partial charge in [0.1, 0.15) is 5.52 Å². The second-order valence-corrected chi connectivity index (χ2v) is 7.37. The SMILES string of the molecule is O=C(c1cnc2c(c1)ncn2C1CCCC1)N1C[C@@H]2CCC[C@@H]21. The van der Waals surface area contributed by atoms with E-state index in [1.165, 1.54) is 44.9 Å². The molecule has 1 saturated heterocycles. The Bertz CT molecular complexity index is 761. The summed E-state index contributed by atoms with van der Waals surface area (Å²) >= 11 is 0. The molecule has 120 valence electrons. The first-order valence-electron chi connectivity index (χ1n) is 8.95. The molecule has 0 radical (unpaired) electrons. The number of fused-ring (bicyclic) bond motifs is 2. The van der Waals surface area contributed by atoms with Crippen LogP contribution in [0.2, 0.25) is 0 Å². The number of imidazole rings is 1. The highest BCUT2D eigenvalue weighted by Crippen LogP contribution is 2.39. The molecule has 1 aliphatic heterocycles. The normalized spacial score (nSPS) is 27.4. The third-order valence-electron chi connectivity index (χ3n) is 6.09. The molecule has 3 heterocycles. The van der Waals surface area contributed by atoms with Gasteiger partial charge in [-0.25, -0.2) is 9.97 Å². The zero-order chi connectivity index (χ0) is 15.4. The number of carbonyl (C=O) groups excluding carboxylic acids is 1. The molecule has 3 aliphatic rings. The van der Waals surface area contributed by atoms with E-state index in [9.17, 15) is 4.79 Å². The van der Waals surface area contributed by atoms with Gasteiger partial charge in [-0.05, 0) is 37.7 Å². The van der Waals surface area contributed by atoms with E-state index >= 15 is 0 Å². The van der Waals surface area contributed by atoms with Crippen molar-refractivity contribution in [3.63, 3.8) is 0 Å². The van der Waals surface area contributed by atoms with Crippen LogP contribution in [-0.2, 0) is 0 Å². The van der Waals surface area contributed by atoms with E-state index in [0.29, 0.717) is 17.6 Å². The minimum Gasteiger partial charge on any atom is -0.335 e. The summed E-state index contributed by atoms with van der Waals surface area (Å²) in [5.41, 5.74) is 2.47. The molecule has 1 amide bonds. The molecule has 2 aromatic rings. The van der Waals surface area contributed by atoms with E-state index in [4.69, 9.17) is 0 Å². The van der Waals surface area contributed by atoms with Gasteiger partial charge in [-0.3, -0.25) is 4.79 Å². The Balaban J connectivity index is 1.43. The first kappa shape index (κ1) is 13.5. The van der Waals surface area contributed by atoms with Crippen LogP contribution in [0, 0.1) is 5.92 Å². The Labute approximate surface area is 135 Å². The van der Waals surface area contributed by atoms with Crippen LogP contribution in [0.4, 0.5) is 0 Å². The third-order valence-corrected chi connectivity index (χ3v) is 6.09. The summed E-state index contributed by atoms with van der Waals surface area (Å²) in [5, 5.41) is 0. The van der Waals surface area contributed by atoms with Gasteiger partial charge in [0, 0.05) is 24.8 Å². The number of aromatic nitrogens is 3. The third kappa shape index (κ3) is 2.02. The zero-order valence-electron chi connectivity index (χ0n) is 13.3. The van der Waals surface area contributed by atoms with Crippen LogP contribution >= 0.6 is 0 Å². The summed E-state index contributed by atoms with van der Waals surface area (Å²) in [6.07, 6.45) is 12.4. The maximum atomic E-state index is 12.7. The van der Waals surface area contributed by atoms with E-state index in [2.05, 4.69) is 14.5 Å². The summed E-state index contributed by atoms with van der Waals surface area (Å²) in [6.45, 7) is 0.929. The zero-order valence-corrected chi connectivity index (χ0v) is 13.3.